The lowest BCUT2D eigenvalue weighted by Crippen LogP contribution is -2.28. The molecule has 0 saturated carbocycles. The van der Waals surface area contributed by atoms with Crippen molar-refractivity contribution >= 4 is 11.0 Å². The van der Waals surface area contributed by atoms with E-state index in [4.69, 9.17) is 0 Å². The van der Waals surface area contributed by atoms with Gasteiger partial charge >= 0.3 is 0 Å². The number of rotatable bonds is 5. The molecule has 0 bridgehead atoms. The fraction of sp³-hybridized carbons (Fsp3) is 0.400. The fourth-order valence-electron chi connectivity index (χ4n) is 3.98. The summed E-state index contributed by atoms with van der Waals surface area (Å²) < 4.78 is 0. The van der Waals surface area contributed by atoms with Gasteiger partial charge in [0.2, 0.25) is 0 Å². The molecule has 3 rings (SSSR count). The number of phenolic OH excluding ortho intramolecular Hbond substituents is 1. The Morgan fingerprint density at radius 3 is 2.46 bits per heavy atom. The van der Waals surface area contributed by atoms with Crippen LogP contribution in [0.25, 0.3) is 11.0 Å². The highest BCUT2D eigenvalue weighted by molar-refractivity contribution is 5.77. The number of benzene rings is 2. The van der Waals surface area contributed by atoms with Gasteiger partial charge in [0.1, 0.15) is 16.8 Å². The van der Waals surface area contributed by atoms with Crippen LogP contribution < -0.4 is 0 Å². The Hall–Kier alpha value is -2.36. The lowest BCUT2D eigenvalue weighted by Gasteiger charge is -2.36. The smallest absolute Gasteiger partial charge is 0.119 e. The van der Waals surface area contributed by atoms with Crippen LogP contribution in [0.1, 0.15) is 45.2 Å². The Bertz CT molecular complexity index is 849. The first-order valence-electron chi connectivity index (χ1n) is 8.35. The topological polar surface area (TPSA) is 61.8 Å². The lowest BCUT2D eigenvalue weighted by molar-refractivity contribution is 0.251. The van der Waals surface area contributed by atoms with Crippen LogP contribution in [0.5, 0.6) is 5.75 Å². The van der Waals surface area contributed by atoms with E-state index in [0.29, 0.717) is 5.75 Å². The van der Waals surface area contributed by atoms with Crippen LogP contribution in [0.3, 0.4) is 0 Å². The van der Waals surface area contributed by atoms with Gasteiger partial charge in [-0.3, -0.25) is 0 Å². The lowest BCUT2D eigenvalue weighted by atomic mass is 9.69. The van der Waals surface area contributed by atoms with Gasteiger partial charge in [-0.25, -0.2) is 0 Å². The summed E-state index contributed by atoms with van der Waals surface area (Å²) in [6.07, 6.45) is 1.86. The number of aromatic amines is 1. The van der Waals surface area contributed by atoms with Crippen molar-refractivity contribution in [1.29, 1.82) is 0 Å². The molecule has 2 N–H and O–H groups in total. The summed E-state index contributed by atoms with van der Waals surface area (Å²) in [5.41, 5.74) is 4.00. The number of para-hydroxylation sites is 2. The molecule has 4 nitrogen and oxygen atoms in total. The highest BCUT2D eigenvalue weighted by Crippen LogP contribution is 2.41. The van der Waals surface area contributed by atoms with Crippen LogP contribution >= 0.6 is 0 Å². The van der Waals surface area contributed by atoms with Crippen LogP contribution in [0.4, 0.5) is 0 Å². The summed E-state index contributed by atoms with van der Waals surface area (Å²) in [6, 6.07) is 13.8. The third-order valence-corrected chi connectivity index (χ3v) is 4.65. The maximum Gasteiger partial charge on any atom is 0.119 e. The second kappa shape index (κ2) is 5.93. The zero-order chi connectivity index (χ0) is 17.4. The minimum absolute atomic E-state index is 0.0546. The third-order valence-electron chi connectivity index (χ3n) is 4.65. The van der Waals surface area contributed by atoms with E-state index in [1.165, 1.54) is 5.56 Å². The van der Waals surface area contributed by atoms with E-state index in [1.807, 2.05) is 30.3 Å². The second-order valence-electron chi connectivity index (χ2n) is 8.03. The minimum atomic E-state index is -0.118. The summed E-state index contributed by atoms with van der Waals surface area (Å²) >= 11 is 0. The van der Waals surface area contributed by atoms with Crippen molar-refractivity contribution in [3.63, 3.8) is 0 Å². The number of hydrogen-bond donors (Lipinski definition) is 2. The molecule has 0 saturated heterocycles. The number of fused-ring (bicyclic) bond motifs is 1. The number of aromatic hydroxyl groups is 1. The molecule has 0 unspecified atom stereocenters. The van der Waals surface area contributed by atoms with Gasteiger partial charge in [0.25, 0.3) is 0 Å². The molecule has 1 heterocycles. The number of hydrogen-bond acceptors (Lipinski definition) is 3. The van der Waals surface area contributed by atoms with Gasteiger partial charge in [0, 0.05) is 0 Å². The zero-order valence-corrected chi connectivity index (χ0v) is 14.8. The average Bonchev–Trinajstić information content (AvgIpc) is 2.95. The van der Waals surface area contributed by atoms with Gasteiger partial charge in [-0.2, -0.15) is 15.4 Å². The molecule has 3 aromatic rings. The molecule has 0 radical (unpaired) electrons. The highest BCUT2D eigenvalue weighted by Gasteiger charge is 2.32. The molecule has 126 valence electrons. The minimum Gasteiger partial charge on any atom is -0.508 e. The Morgan fingerprint density at radius 2 is 1.71 bits per heavy atom. The zero-order valence-electron chi connectivity index (χ0n) is 14.8. The first-order chi connectivity index (χ1) is 11.3. The largest absolute Gasteiger partial charge is 0.508 e. The number of nitrogens with zero attached hydrogens (tertiary/aromatic N) is 2. The van der Waals surface area contributed by atoms with Gasteiger partial charge in [-0.05, 0) is 46.9 Å². The summed E-state index contributed by atoms with van der Waals surface area (Å²) in [4.78, 5) is 0. The predicted molar refractivity (Wildman–Crippen MR) is 97.1 cm³/mol. The first kappa shape index (κ1) is 16.5. The van der Waals surface area contributed by atoms with Crippen LogP contribution in [0, 0.1) is 5.41 Å². The SMILES string of the molecule is CC(C)(Cc1cccc2n[nH]nc12)CC(C)(C)c1ccccc1O. The van der Waals surface area contributed by atoms with Crippen molar-refractivity contribution in [3.8, 4) is 5.75 Å². The van der Waals surface area contributed by atoms with Crippen LogP contribution in [-0.2, 0) is 11.8 Å². The van der Waals surface area contributed by atoms with Gasteiger partial charge in [0.15, 0.2) is 0 Å². The van der Waals surface area contributed by atoms with Crippen molar-refractivity contribution in [3.05, 3.63) is 53.6 Å². The van der Waals surface area contributed by atoms with E-state index in [2.05, 4.69) is 49.2 Å². The monoisotopic (exact) mass is 323 g/mol. The number of H-pyrrole nitrogens is 1. The Balaban J connectivity index is 1.85. The standard InChI is InChI=1S/C20H25N3O/c1-19(2,12-14-8-7-10-16-18(14)22-23-21-16)13-20(3,4)15-9-5-6-11-17(15)24/h5-11,24H,12-13H2,1-4H3,(H,21,22,23). The van der Waals surface area contributed by atoms with Gasteiger partial charge in [-0.1, -0.05) is 58.0 Å². The second-order valence-corrected chi connectivity index (χ2v) is 8.03. The van der Waals surface area contributed by atoms with Gasteiger partial charge < -0.3 is 5.11 Å². The third kappa shape index (κ3) is 3.28. The summed E-state index contributed by atoms with van der Waals surface area (Å²) in [7, 11) is 0. The molecule has 0 atom stereocenters. The molecule has 24 heavy (non-hydrogen) atoms. The molecule has 0 amide bonds. The maximum absolute atomic E-state index is 10.2. The number of nitrogens with one attached hydrogen (secondary N) is 1. The molecule has 2 aromatic carbocycles. The highest BCUT2D eigenvalue weighted by atomic mass is 16.3. The van der Waals surface area contributed by atoms with E-state index >= 15 is 0 Å². The average molecular weight is 323 g/mol. The van der Waals surface area contributed by atoms with E-state index in [-0.39, 0.29) is 10.8 Å². The van der Waals surface area contributed by atoms with Crippen molar-refractivity contribution in [2.75, 3.05) is 0 Å². The number of aromatic nitrogens is 3. The van der Waals surface area contributed by atoms with Crippen LogP contribution in [0.15, 0.2) is 42.5 Å². The summed E-state index contributed by atoms with van der Waals surface area (Å²) in [5, 5.41) is 21.4. The van der Waals surface area contributed by atoms with E-state index in [9.17, 15) is 5.11 Å². The summed E-state index contributed by atoms with van der Waals surface area (Å²) in [5.74, 6) is 0.372. The van der Waals surface area contributed by atoms with Crippen LogP contribution in [-0.4, -0.2) is 20.5 Å². The molecular formula is C20H25N3O. The molecule has 0 aliphatic heterocycles. The molecule has 0 aliphatic rings. The quantitative estimate of drug-likeness (QED) is 0.721. The first-order valence-corrected chi connectivity index (χ1v) is 8.35. The van der Waals surface area contributed by atoms with Crippen molar-refractivity contribution in [2.45, 2.75) is 46.0 Å². The number of phenols is 1. The van der Waals surface area contributed by atoms with Crippen molar-refractivity contribution < 1.29 is 5.11 Å². The van der Waals surface area contributed by atoms with E-state index in [0.717, 1.165) is 29.4 Å². The van der Waals surface area contributed by atoms with Gasteiger partial charge in [-0.15, -0.1) is 0 Å². The molecule has 0 fully saturated rings. The Morgan fingerprint density at radius 1 is 0.958 bits per heavy atom. The molecule has 4 heteroatoms. The predicted octanol–water partition coefficient (Wildman–Crippen LogP) is 4.60. The molecule has 0 aliphatic carbocycles. The fourth-order valence-corrected chi connectivity index (χ4v) is 3.98. The molecular weight excluding hydrogens is 298 g/mol. The Labute approximate surface area is 142 Å². The van der Waals surface area contributed by atoms with Crippen molar-refractivity contribution in [1.82, 2.24) is 15.4 Å². The molecule has 1 aromatic heterocycles. The van der Waals surface area contributed by atoms with Crippen LogP contribution in [0.2, 0.25) is 0 Å². The van der Waals surface area contributed by atoms with Gasteiger partial charge in [0.05, 0.1) is 0 Å². The maximum atomic E-state index is 10.2. The van der Waals surface area contributed by atoms with Crippen molar-refractivity contribution in [2.24, 2.45) is 5.41 Å². The normalized spacial score (nSPS) is 12.7. The van der Waals surface area contributed by atoms with E-state index in [1.54, 1.807) is 6.07 Å². The summed E-state index contributed by atoms with van der Waals surface area (Å²) in [6.45, 7) is 8.93. The van der Waals surface area contributed by atoms with E-state index < -0.39 is 0 Å². The molecule has 0 spiro atoms. The Kier molecular flexibility index (Phi) is 4.08.